The van der Waals surface area contributed by atoms with Crippen LogP contribution in [0.25, 0.3) is 0 Å². The highest BCUT2D eigenvalue weighted by Crippen LogP contribution is 2.16. The first-order valence-corrected chi connectivity index (χ1v) is 7.23. The Hall–Kier alpha value is -1.88. The number of piperidine rings is 1. The van der Waals surface area contributed by atoms with Gasteiger partial charge in [-0.3, -0.25) is 9.79 Å². The largest absolute Gasteiger partial charge is 0.368 e. The quantitative estimate of drug-likeness (QED) is 0.768. The fraction of sp³-hybridized carbons (Fsp3) is 0.467. The summed E-state index contributed by atoms with van der Waals surface area (Å²) in [7, 11) is 0. The highest BCUT2D eigenvalue weighted by atomic mass is 16.1. The number of amidine groups is 1. The molecule has 1 saturated heterocycles. The predicted molar refractivity (Wildman–Crippen MR) is 80.1 cm³/mol. The standard InChI is InChI=1S/C15H20N4O/c20-15(12-5-7-16-8-6-12)19-13-3-1-11(2-4-13)14-17-9-10-18-14/h1-4,12,16H,5-10H2,(H,17,18)(H,19,20). The second kappa shape index (κ2) is 6.05. The van der Waals surface area contributed by atoms with Crippen LogP contribution in [0.15, 0.2) is 29.3 Å². The van der Waals surface area contributed by atoms with E-state index >= 15 is 0 Å². The van der Waals surface area contributed by atoms with E-state index in [1.807, 2.05) is 24.3 Å². The molecular weight excluding hydrogens is 252 g/mol. The first kappa shape index (κ1) is 13.1. The molecule has 3 N–H and O–H groups in total. The molecule has 5 heteroatoms. The van der Waals surface area contributed by atoms with Gasteiger partial charge in [0.1, 0.15) is 5.84 Å². The van der Waals surface area contributed by atoms with Gasteiger partial charge in [0.25, 0.3) is 0 Å². The molecule has 3 rings (SSSR count). The van der Waals surface area contributed by atoms with Crippen molar-refractivity contribution in [1.29, 1.82) is 0 Å². The number of nitrogens with zero attached hydrogens (tertiary/aromatic N) is 1. The lowest BCUT2D eigenvalue weighted by Crippen LogP contribution is -2.34. The molecule has 0 radical (unpaired) electrons. The topological polar surface area (TPSA) is 65.5 Å². The molecule has 0 atom stereocenters. The van der Waals surface area contributed by atoms with Gasteiger partial charge < -0.3 is 16.0 Å². The van der Waals surface area contributed by atoms with Crippen LogP contribution in [0, 0.1) is 5.92 Å². The summed E-state index contributed by atoms with van der Waals surface area (Å²) in [4.78, 5) is 16.5. The average molecular weight is 272 g/mol. The zero-order valence-electron chi connectivity index (χ0n) is 11.5. The van der Waals surface area contributed by atoms with Crippen LogP contribution in [0.5, 0.6) is 0 Å². The number of rotatable bonds is 3. The maximum atomic E-state index is 12.1. The van der Waals surface area contributed by atoms with E-state index in [4.69, 9.17) is 0 Å². The molecule has 5 nitrogen and oxygen atoms in total. The van der Waals surface area contributed by atoms with E-state index in [0.717, 1.165) is 56.1 Å². The summed E-state index contributed by atoms with van der Waals surface area (Å²) in [5.41, 5.74) is 1.93. The molecule has 1 aromatic rings. The van der Waals surface area contributed by atoms with E-state index in [9.17, 15) is 4.79 Å². The van der Waals surface area contributed by atoms with Crippen molar-refractivity contribution in [2.75, 3.05) is 31.5 Å². The third kappa shape index (κ3) is 2.99. The van der Waals surface area contributed by atoms with E-state index < -0.39 is 0 Å². The number of carbonyl (C=O) groups excluding carboxylic acids is 1. The molecule has 0 bridgehead atoms. The molecule has 0 aromatic heterocycles. The van der Waals surface area contributed by atoms with E-state index in [-0.39, 0.29) is 11.8 Å². The fourth-order valence-electron chi connectivity index (χ4n) is 2.63. The number of amides is 1. The average Bonchev–Trinajstić information content (AvgIpc) is 3.03. The lowest BCUT2D eigenvalue weighted by molar-refractivity contribution is -0.120. The van der Waals surface area contributed by atoms with Crippen LogP contribution in [0.4, 0.5) is 5.69 Å². The van der Waals surface area contributed by atoms with Gasteiger partial charge in [-0.25, -0.2) is 0 Å². The molecule has 0 spiro atoms. The van der Waals surface area contributed by atoms with Crippen molar-refractivity contribution in [2.24, 2.45) is 10.9 Å². The molecule has 0 aliphatic carbocycles. The Morgan fingerprint density at radius 1 is 1.15 bits per heavy atom. The minimum Gasteiger partial charge on any atom is -0.368 e. The van der Waals surface area contributed by atoms with E-state index in [0.29, 0.717) is 0 Å². The SMILES string of the molecule is O=C(Nc1ccc(C2=NCCN2)cc1)C1CCNCC1. The van der Waals surface area contributed by atoms with E-state index in [1.54, 1.807) is 0 Å². The Morgan fingerprint density at radius 3 is 2.55 bits per heavy atom. The number of hydrogen-bond acceptors (Lipinski definition) is 4. The van der Waals surface area contributed by atoms with Crippen LogP contribution in [0.3, 0.4) is 0 Å². The van der Waals surface area contributed by atoms with Crippen LogP contribution in [0.2, 0.25) is 0 Å². The van der Waals surface area contributed by atoms with Gasteiger partial charge in [-0.15, -0.1) is 0 Å². The lowest BCUT2D eigenvalue weighted by Gasteiger charge is -2.21. The molecule has 1 aromatic carbocycles. The van der Waals surface area contributed by atoms with Gasteiger partial charge in [-0.05, 0) is 50.2 Å². The van der Waals surface area contributed by atoms with Crippen molar-refractivity contribution >= 4 is 17.4 Å². The molecule has 0 unspecified atom stereocenters. The molecule has 2 aliphatic heterocycles. The van der Waals surface area contributed by atoms with Crippen LogP contribution in [-0.2, 0) is 4.79 Å². The monoisotopic (exact) mass is 272 g/mol. The number of benzene rings is 1. The van der Waals surface area contributed by atoms with Gasteiger partial charge in [0.05, 0.1) is 6.54 Å². The molecular formula is C15H20N4O. The van der Waals surface area contributed by atoms with Crippen molar-refractivity contribution < 1.29 is 4.79 Å². The fourth-order valence-corrected chi connectivity index (χ4v) is 2.63. The number of hydrogen-bond donors (Lipinski definition) is 3. The molecule has 1 amide bonds. The number of anilines is 1. The first-order valence-electron chi connectivity index (χ1n) is 7.23. The second-order valence-electron chi connectivity index (χ2n) is 5.25. The predicted octanol–water partition coefficient (Wildman–Crippen LogP) is 0.974. The Labute approximate surface area is 118 Å². The first-order chi connectivity index (χ1) is 9.83. The summed E-state index contributed by atoms with van der Waals surface area (Å²) in [6.07, 6.45) is 1.84. The van der Waals surface area contributed by atoms with E-state index in [2.05, 4.69) is 20.9 Å². The molecule has 20 heavy (non-hydrogen) atoms. The van der Waals surface area contributed by atoms with Gasteiger partial charge in [-0.1, -0.05) is 0 Å². The second-order valence-corrected chi connectivity index (χ2v) is 5.25. The van der Waals surface area contributed by atoms with Crippen molar-refractivity contribution in [1.82, 2.24) is 10.6 Å². The van der Waals surface area contributed by atoms with Gasteiger partial charge >= 0.3 is 0 Å². The van der Waals surface area contributed by atoms with Crippen molar-refractivity contribution in [3.05, 3.63) is 29.8 Å². The minimum atomic E-state index is 0.135. The minimum absolute atomic E-state index is 0.135. The smallest absolute Gasteiger partial charge is 0.227 e. The number of carbonyl (C=O) groups is 1. The Balaban J connectivity index is 1.61. The van der Waals surface area contributed by atoms with Crippen LogP contribution < -0.4 is 16.0 Å². The summed E-state index contributed by atoms with van der Waals surface area (Å²) in [5.74, 6) is 1.22. The molecule has 2 heterocycles. The zero-order chi connectivity index (χ0) is 13.8. The van der Waals surface area contributed by atoms with Crippen LogP contribution in [0.1, 0.15) is 18.4 Å². The third-order valence-electron chi connectivity index (χ3n) is 3.81. The van der Waals surface area contributed by atoms with Crippen molar-refractivity contribution in [2.45, 2.75) is 12.8 Å². The Morgan fingerprint density at radius 2 is 1.90 bits per heavy atom. The molecule has 2 aliphatic rings. The summed E-state index contributed by atoms with van der Waals surface area (Å²) in [6.45, 7) is 3.61. The van der Waals surface area contributed by atoms with Crippen LogP contribution >= 0.6 is 0 Å². The van der Waals surface area contributed by atoms with E-state index in [1.165, 1.54) is 0 Å². The molecule has 106 valence electrons. The third-order valence-corrected chi connectivity index (χ3v) is 3.81. The Bertz CT molecular complexity index is 503. The highest BCUT2D eigenvalue weighted by Gasteiger charge is 2.20. The van der Waals surface area contributed by atoms with Crippen LogP contribution in [-0.4, -0.2) is 37.9 Å². The van der Waals surface area contributed by atoms with Gasteiger partial charge in [0, 0.05) is 23.7 Å². The maximum absolute atomic E-state index is 12.1. The normalized spacial score (nSPS) is 19.3. The zero-order valence-corrected chi connectivity index (χ0v) is 11.5. The molecule has 1 fully saturated rings. The summed E-state index contributed by atoms with van der Waals surface area (Å²) in [5, 5.41) is 9.51. The van der Waals surface area contributed by atoms with Gasteiger partial charge in [-0.2, -0.15) is 0 Å². The van der Waals surface area contributed by atoms with Crippen molar-refractivity contribution in [3.63, 3.8) is 0 Å². The number of nitrogens with one attached hydrogen (secondary N) is 3. The highest BCUT2D eigenvalue weighted by molar-refractivity contribution is 6.00. The number of aliphatic imine (C=N–C) groups is 1. The molecule has 0 saturated carbocycles. The summed E-state index contributed by atoms with van der Waals surface area (Å²) >= 11 is 0. The summed E-state index contributed by atoms with van der Waals surface area (Å²) in [6, 6.07) is 7.87. The lowest BCUT2D eigenvalue weighted by atomic mass is 9.97. The van der Waals surface area contributed by atoms with Crippen molar-refractivity contribution in [3.8, 4) is 0 Å². The maximum Gasteiger partial charge on any atom is 0.227 e. The summed E-state index contributed by atoms with van der Waals surface area (Å²) < 4.78 is 0. The van der Waals surface area contributed by atoms with Gasteiger partial charge in [0.15, 0.2) is 0 Å². The van der Waals surface area contributed by atoms with Gasteiger partial charge in [0.2, 0.25) is 5.91 Å². The Kier molecular flexibility index (Phi) is 3.97.